The van der Waals surface area contributed by atoms with E-state index in [0.717, 1.165) is 44.8 Å². The topological polar surface area (TPSA) is 35.9 Å². The Labute approximate surface area is 147 Å². The Morgan fingerprint density at radius 3 is 2.50 bits per heavy atom. The highest BCUT2D eigenvalue weighted by Crippen LogP contribution is 2.19. The van der Waals surface area contributed by atoms with E-state index in [-0.39, 0.29) is 0 Å². The van der Waals surface area contributed by atoms with Crippen LogP contribution in [0.3, 0.4) is 0 Å². The van der Waals surface area contributed by atoms with Gasteiger partial charge in [-0.2, -0.15) is 0 Å². The monoisotopic (exact) mass is 334 g/mol. The zero-order valence-corrected chi connectivity index (χ0v) is 15.7. The minimum atomic E-state index is -0.407. The fourth-order valence-corrected chi connectivity index (χ4v) is 3.47. The second-order valence-electron chi connectivity index (χ2n) is 7.49. The lowest BCUT2D eigenvalue weighted by Crippen LogP contribution is -2.53. The smallest absolute Gasteiger partial charge is 0.0916 e. The summed E-state index contributed by atoms with van der Waals surface area (Å²) in [5, 5.41) is 10.6. The molecule has 0 spiro atoms. The van der Waals surface area contributed by atoms with Gasteiger partial charge in [0.1, 0.15) is 0 Å². The molecule has 4 heteroatoms. The average Bonchev–Trinajstić information content (AvgIpc) is 2.54. The van der Waals surface area contributed by atoms with Crippen molar-refractivity contribution in [1.29, 1.82) is 0 Å². The highest BCUT2D eigenvalue weighted by atomic mass is 16.5. The number of nitrogens with zero attached hydrogens (tertiary/aromatic N) is 2. The average molecular weight is 335 g/mol. The molecule has 2 rings (SSSR count). The zero-order chi connectivity index (χ0) is 17.5. The van der Waals surface area contributed by atoms with Crippen LogP contribution in [-0.4, -0.2) is 67.4 Å². The number of hydrogen-bond acceptors (Lipinski definition) is 4. The van der Waals surface area contributed by atoms with Gasteiger partial charge in [-0.1, -0.05) is 38.1 Å². The molecule has 4 nitrogen and oxygen atoms in total. The molecule has 1 aromatic rings. The molecule has 2 atom stereocenters. The van der Waals surface area contributed by atoms with Gasteiger partial charge < -0.3 is 9.84 Å². The van der Waals surface area contributed by atoms with Crippen LogP contribution in [0.5, 0.6) is 0 Å². The normalized spacial score (nSPS) is 21.3. The van der Waals surface area contributed by atoms with Crippen LogP contribution in [0.25, 0.3) is 0 Å². The van der Waals surface area contributed by atoms with E-state index in [1.165, 1.54) is 5.56 Å². The molecule has 0 aliphatic carbocycles. The first-order chi connectivity index (χ1) is 11.5. The number of piperazine rings is 1. The quantitative estimate of drug-likeness (QED) is 0.793. The molecule has 24 heavy (non-hydrogen) atoms. The largest absolute Gasteiger partial charge is 0.387 e. The second-order valence-corrected chi connectivity index (χ2v) is 7.49. The summed E-state index contributed by atoms with van der Waals surface area (Å²) in [5.74, 6) is 0.664. The van der Waals surface area contributed by atoms with E-state index in [0.29, 0.717) is 18.5 Å². The van der Waals surface area contributed by atoms with Gasteiger partial charge in [-0.3, -0.25) is 9.80 Å². The van der Waals surface area contributed by atoms with E-state index in [4.69, 9.17) is 4.74 Å². The standard InChI is InChI=1S/C20H34N2O2/c1-16(2)13-18-5-7-19(8-6-18)20(23)15-21-9-10-22(11-12-24-4)17(3)14-21/h5-8,16-17,20,23H,9-15H2,1-4H3/t17-,20+/m0/s1. The van der Waals surface area contributed by atoms with Crippen molar-refractivity contribution in [1.82, 2.24) is 9.80 Å². The SMILES string of the molecule is COCCN1CCN(C[C@@H](O)c2ccc(CC(C)C)cc2)C[C@@H]1C. The molecule has 0 amide bonds. The van der Waals surface area contributed by atoms with Crippen molar-refractivity contribution in [2.75, 3.05) is 46.4 Å². The van der Waals surface area contributed by atoms with Crippen LogP contribution in [0.2, 0.25) is 0 Å². The summed E-state index contributed by atoms with van der Waals surface area (Å²) < 4.78 is 5.18. The van der Waals surface area contributed by atoms with Crippen molar-refractivity contribution in [2.45, 2.75) is 39.3 Å². The summed E-state index contributed by atoms with van der Waals surface area (Å²) in [6.45, 7) is 12.3. The molecule has 0 unspecified atom stereocenters. The predicted molar refractivity (Wildman–Crippen MR) is 99.3 cm³/mol. The Balaban J connectivity index is 1.83. The fourth-order valence-electron chi connectivity index (χ4n) is 3.47. The van der Waals surface area contributed by atoms with Crippen LogP contribution < -0.4 is 0 Å². The molecule has 1 aromatic carbocycles. The molecule has 1 heterocycles. The maximum atomic E-state index is 10.6. The van der Waals surface area contributed by atoms with Crippen molar-refractivity contribution >= 4 is 0 Å². The first kappa shape index (κ1) is 19.4. The number of benzene rings is 1. The number of methoxy groups -OCH3 is 1. The number of β-amino-alcohol motifs (C(OH)–C–C–N with tert-alkyl or cyclic N) is 1. The van der Waals surface area contributed by atoms with Crippen molar-refractivity contribution in [2.24, 2.45) is 5.92 Å². The number of rotatable bonds is 8. The Bertz CT molecular complexity index is 475. The first-order valence-corrected chi connectivity index (χ1v) is 9.21. The maximum Gasteiger partial charge on any atom is 0.0916 e. The molecule has 1 fully saturated rings. The minimum absolute atomic E-state index is 0.407. The number of aliphatic hydroxyl groups excluding tert-OH is 1. The third-order valence-corrected chi connectivity index (χ3v) is 4.87. The van der Waals surface area contributed by atoms with Crippen LogP contribution >= 0.6 is 0 Å². The van der Waals surface area contributed by atoms with Crippen LogP contribution in [0, 0.1) is 5.92 Å². The molecular formula is C20H34N2O2. The van der Waals surface area contributed by atoms with Crippen LogP contribution in [-0.2, 0) is 11.2 Å². The summed E-state index contributed by atoms with van der Waals surface area (Å²) in [6, 6.07) is 8.99. The molecule has 0 bridgehead atoms. The molecule has 0 aromatic heterocycles. The Hall–Kier alpha value is -0.940. The van der Waals surface area contributed by atoms with E-state index in [1.807, 2.05) is 0 Å². The van der Waals surface area contributed by atoms with E-state index >= 15 is 0 Å². The molecule has 1 aliphatic rings. The zero-order valence-electron chi connectivity index (χ0n) is 15.7. The third kappa shape index (κ3) is 5.85. The van der Waals surface area contributed by atoms with E-state index in [1.54, 1.807) is 7.11 Å². The summed E-state index contributed by atoms with van der Waals surface area (Å²) in [4.78, 5) is 4.84. The Kier molecular flexibility index (Phi) is 7.69. The molecule has 0 saturated carbocycles. The van der Waals surface area contributed by atoms with E-state index < -0.39 is 6.10 Å². The van der Waals surface area contributed by atoms with Gasteiger partial charge in [0.05, 0.1) is 12.7 Å². The molecule has 1 N–H and O–H groups in total. The lowest BCUT2D eigenvalue weighted by atomic mass is 10.00. The van der Waals surface area contributed by atoms with Gasteiger partial charge in [-0.25, -0.2) is 0 Å². The molecule has 1 aliphatic heterocycles. The van der Waals surface area contributed by atoms with Crippen molar-refractivity contribution in [3.05, 3.63) is 35.4 Å². The number of hydrogen-bond donors (Lipinski definition) is 1. The van der Waals surface area contributed by atoms with Gasteiger partial charge in [-0.05, 0) is 30.4 Å². The molecular weight excluding hydrogens is 300 g/mol. The lowest BCUT2D eigenvalue weighted by Gasteiger charge is -2.40. The summed E-state index contributed by atoms with van der Waals surface area (Å²) in [7, 11) is 1.75. The Morgan fingerprint density at radius 2 is 1.92 bits per heavy atom. The number of ether oxygens (including phenoxy) is 1. The van der Waals surface area contributed by atoms with Gasteiger partial charge in [-0.15, -0.1) is 0 Å². The predicted octanol–water partition coefficient (Wildman–Crippen LogP) is 2.57. The van der Waals surface area contributed by atoms with Crippen LogP contribution in [0.15, 0.2) is 24.3 Å². The summed E-state index contributed by atoms with van der Waals surface area (Å²) in [5.41, 5.74) is 2.37. The minimum Gasteiger partial charge on any atom is -0.387 e. The third-order valence-electron chi connectivity index (χ3n) is 4.87. The molecule has 136 valence electrons. The van der Waals surface area contributed by atoms with Crippen LogP contribution in [0.1, 0.15) is 38.0 Å². The maximum absolute atomic E-state index is 10.6. The van der Waals surface area contributed by atoms with Gasteiger partial charge in [0.2, 0.25) is 0 Å². The fraction of sp³-hybridized carbons (Fsp3) is 0.700. The first-order valence-electron chi connectivity index (χ1n) is 9.21. The van der Waals surface area contributed by atoms with Crippen molar-refractivity contribution in [3.63, 3.8) is 0 Å². The highest BCUT2D eigenvalue weighted by molar-refractivity contribution is 5.24. The Morgan fingerprint density at radius 1 is 1.21 bits per heavy atom. The van der Waals surface area contributed by atoms with Gasteiger partial charge >= 0.3 is 0 Å². The second kappa shape index (κ2) is 9.52. The van der Waals surface area contributed by atoms with E-state index in [9.17, 15) is 5.11 Å². The van der Waals surface area contributed by atoms with E-state index in [2.05, 4.69) is 54.8 Å². The summed E-state index contributed by atoms with van der Waals surface area (Å²) in [6.07, 6.45) is 0.688. The highest BCUT2D eigenvalue weighted by Gasteiger charge is 2.24. The van der Waals surface area contributed by atoms with Crippen LogP contribution in [0.4, 0.5) is 0 Å². The van der Waals surface area contributed by atoms with Crippen molar-refractivity contribution in [3.8, 4) is 0 Å². The van der Waals surface area contributed by atoms with Gasteiger partial charge in [0.15, 0.2) is 0 Å². The molecule has 0 radical (unpaired) electrons. The number of aliphatic hydroxyl groups is 1. The van der Waals surface area contributed by atoms with Gasteiger partial charge in [0.25, 0.3) is 0 Å². The van der Waals surface area contributed by atoms with Crippen molar-refractivity contribution < 1.29 is 9.84 Å². The van der Waals surface area contributed by atoms with Gasteiger partial charge in [0, 0.05) is 45.9 Å². The lowest BCUT2D eigenvalue weighted by molar-refractivity contribution is 0.0330. The molecule has 1 saturated heterocycles. The summed E-state index contributed by atoms with van der Waals surface area (Å²) >= 11 is 0.